The Kier molecular flexibility index (Phi) is 5.56. The molecule has 0 aliphatic rings. The number of carbonyl (C=O) groups is 2. The normalized spacial score (nSPS) is 10.8. The molecule has 0 radical (unpaired) electrons. The van der Waals surface area contributed by atoms with Gasteiger partial charge in [0.2, 0.25) is 0 Å². The second-order valence-corrected chi connectivity index (χ2v) is 4.63. The van der Waals surface area contributed by atoms with Crippen molar-refractivity contribution in [1.82, 2.24) is 10.4 Å². The summed E-state index contributed by atoms with van der Waals surface area (Å²) in [5.74, 6) is 0. The summed E-state index contributed by atoms with van der Waals surface area (Å²) < 4.78 is 9.45. The lowest BCUT2D eigenvalue weighted by Crippen LogP contribution is -2.18. The molecule has 1 heterocycles. The number of nitrogens with one attached hydrogen (secondary N) is 2. The Morgan fingerprint density at radius 3 is 2.96 bits per heavy atom. The number of nitrogens with two attached hydrogens (primary N) is 1. The maximum atomic E-state index is 11.1. The molecule has 0 bridgehead atoms. The first-order valence-electron chi connectivity index (χ1n) is 7.08. The summed E-state index contributed by atoms with van der Waals surface area (Å²) in [6.07, 6.45) is 2.53. The lowest BCUT2D eigenvalue weighted by molar-refractivity contribution is 0.152. The summed E-state index contributed by atoms with van der Waals surface area (Å²) >= 11 is 0. The molecule has 0 aliphatic carbocycles. The molecule has 0 unspecified atom stereocenters. The SMILES string of the molecule is CCOC(=O)NN=Cc1ccc2[nH]cc(CCOC(N)=O)c2c1. The van der Waals surface area contributed by atoms with E-state index in [4.69, 9.17) is 15.2 Å². The molecule has 122 valence electrons. The van der Waals surface area contributed by atoms with E-state index in [0.29, 0.717) is 6.42 Å². The minimum atomic E-state index is -0.789. The quantitative estimate of drug-likeness (QED) is 0.556. The highest BCUT2D eigenvalue weighted by Gasteiger charge is 2.05. The number of fused-ring (bicyclic) bond motifs is 1. The molecule has 0 spiro atoms. The highest BCUT2D eigenvalue weighted by molar-refractivity contribution is 5.91. The number of H-pyrrole nitrogens is 1. The monoisotopic (exact) mass is 318 g/mol. The first kappa shape index (κ1) is 16.3. The highest BCUT2D eigenvalue weighted by Crippen LogP contribution is 2.19. The zero-order valence-electron chi connectivity index (χ0n) is 12.7. The topological polar surface area (TPSA) is 119 Å². The fourth-order valence-corrected chi connectivity index (χ4v) is 2.07. The largest absolute Gasteiger partial charge is 0.449 e. The number of aromatic nitrogens is 1. The summed E-state index contributed by atoms with van der Waals surface area (Å²) in [5.41, 5.74) is 9.96. The third kappa shape index (κ3) is 4.73. The van der Waals surface area contributed by atoms with Gasteiger partial charge >= 0.3 is 12.2 Å². The lowest BCUT2D eigenvalue weighted by Gasteiger charge is -2.02. The fraction of sp³-hybridized carbons (Fsp3) is 0.267. The third-order valence-corrected chi connectivity index (χ3v) is 3.05. The first-order chi connectivity index (χ1) is 11.1. The first-order valence-corrected chi connectivity index (χ1v) is 7.08. The number of nitrogens with zero attached hydrogens (tertiary/aromatic N) is 1. The molecule has 0 aliphatic heterocycles. The Labute approximate surface area is 132 Å². The smallest absolute Gasteiger partial charge is 0.427 e. The van der Waals surface area contributed by atoms with Gasteiger partial charge in [-0.1, -0.05) is 6.07 Å². The van der Waals surface area contributed by atoms with E-state index in [-0.39, 0.29) is 13.2 Å². The van der Waals surface area contributed by atoms with Crippen LogP contribution in [0.15, 0.2) is 29.5 Å². The van der Waals surface area contributed by atoms with E-state index in [2.05, 4.69) is 15.5 Å². The lowest BCUT2D eigenvalue weighted by atomic mass is 10.1. The molecule has 23 heavy (non-hydrogen) atoms. The standard InChI is InChI=1S/C15H18N4O4/c1-2-22-15(21)19-18-8-10-3-4-13-12(7-10)11(9-17-13)5-6-23-14(16)20/h3-4,7-9,17H,2,5-6H2,1H3,(H2,16,20)(H,19,21). The molecule has 0 saturated carbocycles. The molecular weight excluding hydrogens is 300 g/mol. The summed E-state index contributed by atoms with van der Waals surface area (Å²) in [5, 5.41) is 4.81. The number of primary amides is 1. The summed E-state index contributed by atoms with van der Waals surface area (Å²) in [6, 6.07) is 5.68. The van der Waals surface area contributed by atoms with E-state index in [9.17, 15) is 9.59 Å². The number of hydrogen-bond donors (Lipinski definition) is 3. The second kappa shape index (κ2) is 7.83. The molecule has 0 fully saturated rings. The van der Waals surface area contributed by atoms with Crippen LogP contribution >= 0.6 is 0 Å². The zero-order chi connectivity index (χ0) is 16.7. The number of amides is 2. The summed E-state index contributed by atoms with van der Waals surface area (Å²) in [7, 11) is 0. The number of aromatic amines is 1. The van der Waals surface area contributed by atoms with Crippen LogP contribution in [0.2, 0.25) is 0 Å². The molecule has 1 aromatic carbocycles. The summed E-state index contributed by atoms with van der Waals surface area (Å²) in [6.45, 7) is 2.21. The Bertz CT molecular complexity index is 723. The van der Waals surface area contributed by atoms with Crippen LogP contribution in [0.3, 0.4) is 0 Å². The van der Waals surface area contributed by atoms with Gasteiger partial charge in [-0.15, -0.1) is 0 Å². The molecule has 4 N–H and O–H groups in total. The van der Waals surface area contributed by atoms with Crippen LogP contribution in [0.25, 0.3) is 10.9 Å². The van der Waals surface area contributed by atoms with Crippen molar-refractivity contribution >= 4 is 29.3 Å². The number of rotatable bonds is 6. The predicted molar refractivity (Wildman–Crippen MR) is 85.3 cm³/mol. The van der Waals surface area contributed by atoms with Gasteiger partial charge < -0.3 is 20.2 Å². The Hall–Kier alpha value is -3.03. The van der Waals surface area contributed by atoms with Crippen molar-refractivity contribution in [2.24, 2.45) is 10.8 Å². The van der Waals surface area contributed by atoms with E-state index < -0.39 is 12.2 Å². The van der Waals surface area contributed by atoms with Crippen molar-refractivity contribution in [3.05, 3.63) is 35.5 Å². The average molecular weight is 318 g/mol. The number of carbonyl (C=O) groups excluding carboxylic acids is 2. The molecule has 1 aromatic heterocycles. The van der Waals surface area contributed by atoms with E-state index in [0.717, 1.165) is 22.0 Å². The van der Waals surface area contributed by atoms with Gasteiger partial charge in [-0.05, 0) is 30.2 Å². The molecule has 2 rings (SSSR count). The Morgan fingerprint density at radius 2 is 2.22 bits per heavy atom. The Morgan fingerprint density at radius 1 is 1.39 bits per heavy atom. The van der Waals surface area contributed by atoms with Crippen molar-refractivity contribution < 1.29 is 19.1 Å². The van der Waals surface area contributed by atoms with Crippen LogP contribution in [0, 0.1) is 0 Å². The minimum absolute atomic E-state index is 0.213. The number of benzene rings is 1. The van der Waals surface area contributed by atoms with Crippen LogP contribution in [-0.2, 0) is 15.9 Å². The minimum Gasteiger partial charge on any atom is -0.449 e. The molecule has 2 amide bonds. The fourth-order valence-electron chi connectivity index (χ4n) is 2.07. The summed E-state index contributed by atoms with van der Waals surface area (Å²) in [4.78, 5) is 24.9. The van der Waals surface area contributed by atoms with Gasteiger partial charge in [0.05, 0.1) is 19.4 Å². The second-order valence-electron chi connectivity index (χ2n) is 4.63. The molecule has 2 aromatic rings. The maximum absolute atomic E-state index is 11.1. The number of hydrogen-bond acceptors (Lipinski definition) is 5. The van der Waals surface area contributed by atoms with Gasteiger partial charge in [0.1, 0.15) is 0 Å². The number of ether oxygens (including phenoxy) is 2. The molecule has 8 heteroatoms. The van der Waals surface area contributed by atoms with Crippen molar-refractivity contribution in [3.8, 4) is 0 Å². The molecule has 8 nitrogen and oxygen atoms in total. The maximum Gasteiger partial charge on any atom is 0.427 e. The van der Waals surface area contributed by atoms with Crippen molar-refractivity contribution in [3.63, 3.8) is 0 Å². The van der Waals surface area contributed by atoms with Gasteiger partial charge in [0, 0.05) is 23.5 Å². The van der Waals surface area contributed by atoms with Gasteiger partial charge in [-0.2, -0.15) is 5.10 Å². The average Bonchev–Trinajstić information content (AvgIpc) is 2.90. The van der Waals surface area contributed by atoms with Crippen molar-refractivity contribution in [1.29, 1.82) is 0 Å². The van der Waals surface area contributed by atoms with Gasteiger partial charge in [0.25, 0.3) is 0 Å². The van der Waals surface area contributed by atoms with Crippen LogP contribution in [0.5, 0.6) is 0 Å². The highest BCUT2D eigenvalue weighted by atomic mass is 16.6. The number of hydrazone groups is 1. The Balaban J connectivity index is 2.06. The molecule has 0 saturated heterocycles. The van der Waals surface area contributed by atoms with Crippen molar-refractivity contribution in [2.45, 2.75) is 13.3 Å². The van der Waals surface area contributed by atoms with E-state index in [1.165, 1.54) is 6.21 Å². The van der Waals surface area contributed by atoms with Crippen LogP contribution in [0.1, 0.15) is 18.1 Å². The molecule has 0 atom stereocenters. The van der Waals surface area contributed by atoms with Gasteiger partial charge in [-0.3, -0.25) is 0 Å². The van der Waals surface area contributed by atoms with Crippen LogP contribution in [0.4, 0.5) is 9.59 Å². The zero-order valence-corrected chi connectivity index (χ0v) is 12.7. The molecular formula is C15H18N4O4. The van der Waals surface area contributed by atoms with Gasteiger partial charge in [-0.25, -0.2) is 15.0 Å². The van der Waals surface area contributed by atoms with Crippen LogP contribution < -0.4 is 11.2 Å². The van der Waals surface area contributed by atoms with E-state index in [1.54, 1.807) is 6.92 Å². The van der Waals surface area contributed by atoms with Crippen molar-refractivity contribution in [2.75, 3.05) is 13.2 Å². The van der Waals surface area contributed by atoms with E-state index in [1.807, 2.05) is 24.4 Å². The van der Waals surface area contributed by atoms with Crippen LogP contribution in [-0.4, -0.2) is 36.6 Å². The van der Waals surface area contributed by atoms with E-state index >= 15 is 0 Å². The predicted octanol–water partition coefficient (Wildman–Crippen LogP) is 1.89. The third-order valence-electron chi connectivity index (χ3n) is 3.05. The van der Waals surface area contributed by atoms with Gasteiger partial charge in [0.15, 0.2) is 0 Å².